The lowest BCUT2D eigenvalue weighted by atomic mass is 9.89. The standard InChI is InChI=1S/C21H24BrN3O3/c22-17-10-15(24-21(27)18-11-19(28-25-18)14-6-7-14)8-9-16(17)20(26)23-12-13-4-2-1-3-5-13/h8-11,13-14H,1-7,12H2,(H,23,26)(H,24,27). The first-order valence-corrected chi connectivity index (χ1v) is 10.7. The molecule has 2 saturated carbocycles. The molecule has 1 aromatic heterocycles. The van der Waals surface area contributed by atoms with E-state index in [-0.39, 0.29) is 17.5 Å². The number of amides is 2. The lowest BCUT2D eigenvalue weighted by Gasteiger charge is -2.21. The Labute approximate surface area is 172 Å². The SMILES string of the molecule is O=C(Nc1ccc(C(=O)NCC2CCCCC2)c(Br)c1)c1cc(C2CC2)on1. The maximum absolute atomic E-state index is 12.5. The Morgan fingerprint density at radius 3 is 2.57 bits per heavy atom. The lowest BCUT2D eigenvalue weighted by molar-refractivity contribution is 0.0942. The van der Waals surface area contributed by atoms with Crippen LogP contribution in [-0.4, -0.2) is 23.5 Å². The van der Waals surface area contributed by atoms with Crippen molar-refractivity contribution in [3.05, 3.63) is 45.8 Å². The summed E-state index contributed by atoms with van der Waals surface area (Å²) in [6.45, 7) is 0.721. The van der Waals surface area contributed by atoms with Gasteiger partial charge in [0.2, 0.25) is 0 Å². The molecule has 4 rings (SSSR count). The molecule has 2 amide bonds. The first kappa shape index (κ1) is 19.2. The van der Waals surface area contributed by atoms with E-state index in [0.29, 0.717) is 27.6 Å². The van der Waals surface area contributed by atoms with Gasteiger partial charge in [0.15, 0.2) is 5.69 Å². The second kappa shape index (κ2) is 8.47. The van der Waals surface area contributed by atoms with Gasteiger partial charge in [-0.1, -0.05) is 24.4 Å². The van der Waals surface area contributed by atoms with Crippen molar-refractivity contribution in [2.75, 3.05) is 11.9 Å². The van der Waals surface area contributed by atoms with E-state index in [1.54, 1.807) is 24.3 Å². The number of rotatable bonds is 6. The van der Waals surface area contributed by atoms with Gasteiger partial charge in [0.25, 0.3) is 11.8 Å². The van der Waals surface area contributed by atoms with E-state index in [4.69, 9.17) is 4.52 Å². The highest BCUT2D eigenvalue weighted by atomic mass is 79.9. The monoisotopic (exact) mass is 445 g/mol. The Morgan fingerprint density at radius 2 is 1.86 bits per heavy atom. The fourth-order valence-corrected chi connectivity index (χ4v) is 4.21. The summed E-state index contributed by atoms with van der Waals surface area (Å²) in [7, 11) is 0. The molecule has 2 N–H and O–H groups in total. The molecule has 6 nitrogen and oxygen atoms in total. The van der Waals surface area contributed by atoms with Crippen molar-refractivity contribution in [3.8, 4) is 0 Å². The molecule has 0 spiro atoms. The van der Waals surface area contributed by atoms with Crippen LogP contribution < -0.4 is 10.6 Å². The molecule has 7 heteroatoms. The van der Waals surface area contributed by atoms with Crippen LogP contribution in [0.15, 0.2) is 33.3 Å². The minimum atomic E-state index is -0.322. The minimum Gasteiger partial charge on any atom is -0.360 e. The number of nitrogens with one attached hydrogen (secondary N) is 2. The molecule has 148 valence electrons. The van der Waals surface area contributed by atoms with E-state index in [0.717, 1.165) is 25.1 Å². The Morgan fingerprint density at radius 1 is 1.07 bits per heavy atom. The van der Waals surface area contributed by atoms with Gasteiger partial charge in [-0.15, -0.1) is 0 Å². The van der Waals surface area contributed by atoms with Crippen LogP contribution in [0.5, 0.6) is 0 Å². The highest BCUT2D eigenvalue weighted by Crippen LogP contribution is 2.40. The predicted octanol–water partition coefficient (Wildman–Crippen LogP) is 4.88. The maximum Gasteiger partial charge on any atom is 0.277 e. The topological polar surface area (TPSA) is 84.2 Å². The van der Waals surface area contributed by atoms with Crippen LogP contribution in [0.3, 0.4) is 0 Å². The van der Waals surface area contributed by atoms with Crippen LogP contribution in [0.4, 0.5) is 5.69 Å². The number of carbonyl (C=O) groups is 2. The maximum atomic E-state index is 12.5. The zero-order valence-corrected chi connectivity index (χ0v) is 17.3. The van der Waals surface area contributed by atoms with Gasteiger partial charge in [-0.2, -0.15) is 0 Å². The molecular weight excluding hydrogens is 422 g/mol. The predicted molar refractivity (Wildman–Crippen MR) is 109 cm³/mol. The van der Waals surface area contributed by atoms with Crippen molar-refractivity contribution in [2.24, 2.45) is 5.92 Å². The zero-order valence-electron chi connectivity index (χ0n) is 15.7. The van der Waals surface area contributed by atoms with E-state index >= 15 is 0 Å². The molecule has 2 aromatic rings. The van der Waals surface area contributed by atoms with Crippen molar-refractivity contribution >= 4 is 33.4 Å². The molecule has 0 bridgehead atoms. The molecule has 0 unspecified atom stereocenters. The van der Waals surface area contributed by atoms with Crippen molar-refractivity contribution in [1.29, 1.82) is 0 Å². The van der Waals surface area contributed by atoms with Crippen molar-refractivity contribution in [3.63, 3.8) is 0 Å². The van der Waals surface area contributed by atoms with Gasteiger partial charge in [-0.3, -0.25) is 9.59 Å². The van der Waals surface area contributed by atoms with Crippen molar-refractivity contribution in [1.82, 2.24) is 10.5 Å². The van der Waals surface area contributed by atoms with Crippen LogP contribution in [0, 0.1) is 5.92 Å². The molecule has 28 heavy (non-hydrogen) atoms. The molecule has 0 saturated heterocycles. The number of aromatic nitrogens is 1. The first-order valence-electron chi connectivity index (χ1n) is 9.96. The van der Waals surface area contributed by atoms with Crippen LogP contribution in [0.1, 0.15) is 77.5 Å². The number of benzene rings is 1. The number of carbonyl (C=O) groups excluding carboxylic acids is 2. The summed E-state index contributed by atoms with van der Waals surface area (Å²) >= 11 is 3.45. The Balaban J connectivity index is 1.34. The van der Waals surface area contributed by atoms with Crippen LogP contribution in [-0.2, 0) is 0 Å². The van der Waals surface area contributed by atoms with Gasteiger partial charge in [-0.05, 0) is 65.7 Å². The van der Waals surface area contributed by atoms with E-state index in [2.05, 4.69) is 31.7 Å². The largest absolute Gasteiger partial charge is 0.360 e. The van der Waals surface area contributed by atoms with Gasteiger partial charge in [0.05, 0.1) is 5.56 Å². The summed E-state index contributed by atoms with van der Waals surface area (Å²) in [5.41, 5.74) is 1.43. The fraction of sp³-hybridized carbons (Fsp3) is 0.476. The molecule has 0 atom stereocenters. The summed E-state index contributed by atoms with van der Waals surface area (Å²) in [6.07, 6.45) is 8.38. The summed E-state index contributed by atoms with van der Waals surface area (Å²) < 4.78 is 5.87. The third-order valence-corrected chi connectivity index (χ3v) is 6.14. The third kappa shape index (κ3) is 4.63. The summed E-state index contributed by atoms with van der Waals surface area (Å²) in [4.78, 5) is 24.8. The number of anilines is 1. The molecule has 0 radical (unpaired) electrons. The average molecular weight is 446 g/mol. The molecule has 2 fully saturated rings. The normalized spacial score (nSPS) is 17.3. The minimum absolute atomic E-state index is 0.0964. The van der Waals surface area contributed by atoms with Crippen LogP contribution >= 0.6 is 15.9 Å². The summed E-state index contributed by atoms with van der Waals surface area (Å²) in [5, 5.41) is 9.68. The third-order valence-electron chi connectivity index (χ3n) is 5.49. The van der Waals surface area contributed by atoms with Crippen LogP contribution in [0.2, 0.25) is 0 Å². The molecule has 1 aromatic carbocycles. The van der Waals surface area contributed by atoms with Crippen LogP contribution in [0.25, 0.3) is 0 Å². The number of hydrogen-bond acceptors (Lipinski definition) is 4. The summed E-state index contributed by atoms with van der Waals surface area (Å²) in [6, 6.07) is 6.87. The number of halogens is 1. The lowest BCUT2D eigenvalue weighted by Crippen LogP contribution is -2.30. The molecule has 2 aliphatic carbocycles. The highest BCUT2D eigenvalue weighted by molar-refractivity contribution is 9.10. The van der Waals surface area contributed by atoms with Gasteiger partial charge in [0.1, 0.15) is 5.76 Å². The van der Waals surface area contributed by atoms with Crippen molar-refractivity contribution in [2.45, 2.75) is 50.9 Å². The van der Waals surface area contributed by atoms with E-state index in [1.165, 1.54) is 32.1 Å². The number of hydrogen-bond donors (Lipinski definition) is 2. The van der Waals surface area contributed by atoms with Gasteiger partial charge in [-0.25, -0.2) is 0 Å². The van der Waals surface area contributed by atoms with E-state index < -0.39 is 0 Å². The van der Waals surface area contributed by atoms with Crippen molar-refractivity contribution < 1.29 is 14.1 Å². The van der Waals surface area contributed by atoms with Gasteiger partial charge in [0, 0.05) is 28.7 Å². The smallest absolute Gasteiger partial charge is 0.277 e. The second-order valence-electron chi connectivity index (χ2n) is 7.75. The average Bonchev–Trinajstić information content (AvgIpc) is 3.43. The van der Waals surface area contributed by atoms with Gasteiger partial charge >= 0.3 is 0 Å². The Hall–Kier alpha value is -2.15. The van der Waals surface area contributed by atoms with E-state index in [9.17, 15) is 9.59 Å². The van der Waals surface area contributed by atoms with E-state index in [1.807, 2.05) is 0 Å². The van der Waals surface area contributed by atoms with Gasteiger partial charge < -0.3 is 15.2 Å². The highest BCUT2D eigenvalue weighted by Gasteiger charge is 2.29. The number of nitrogens with zero attached hydrogens (tertiary/aromatic N) is 1. The first-order chi connectivity index (χ1) is 13.6. The quantitative estimate of drug-likeness (QED) is 0.663. The zero-order chi connectivity index (χ0) is 19.5. The molecule has 2 aliphatic rings. The Kier molecular flexibility index (Phi) is 5.80. The fourth-order valence-electron chi connectivity index (χ4n) is 3.65. The molecule has 0 aliphatic heterocycles. The summed E-state index contributed by atoms with van der Waals surface area (Å²) in [5.74, 6) is 1.35. The molecular formula is C21H24BrN3O3. The molecule has 1 heterocycles. The Bertz CT molecular complexity index is 870. The second-order valence-corrected chi connectivity index (χ2v) is 8.61.